The fourth-order valence-electron chi connectivity index (χ4n) is 4.96. The van der Waals surface area contributed by atoms with Crippen molar-refractivity contribution in [3.63, 3.8) is 0 Å². The second-order valence-corrected chi connectivity index (χ2v) is 9.27. The Morgan fingerprint density at radius 3 is 1.71 bits per heavy atom. The third-order valence-corrected chi connectivity index (χ3v) is 6.95. The van der Waals surface area contributed by atoms with E-state index < -0.39 is 5.97 Å². The molecule has 2 fully saturated rings. The van der Waals surface area contributed by atoms with E-state index in [2.05, 4.69) is 13.2 Å². The zero-order valence-corrected chi connectivity index (χ0v) is 18.8. The standard InChI is InChI=1S/C25H40O6/c1-3-29-16-20-7-5-19(6-8-20)15-23(13-14-24(26)27)25(28)31-18-22-11-9-21(10-12-22)17-30-4-2/h3-4,19-23H,1-2,5-18H2,(H,26,27). The predicted molar refractivity (Wildman–Crippen MR) is 119 cm³/mol. The maximum atomic E-state index is 12.8. The molecule has 2 saturated carbocycles. The van der Waals surface area contributed by atoms with E-state index in [1.54, 1.807) is 0 Å². The van der Waals surface area contributed by atoms with E-state index in [0.29, 0.717) is 43.3 Å². The van der Waals surface area contributed by atoms with Crippen molar-refractivity contribution in [3.8, 4) is 0 Å². The van der Waals surface area contributed by atoms with Gasteiger partial charge >= 0.3 is 11.9 Å². The number of esters is 1. The van der Waals surface area contributed by atoms with Gasteiger partial charge in [0.05, 0.1) is 38.3 Å². The highest BCUT2D eigenvalue weighted by molar-refractivity contribution is 5.74. The third-order valence-electron chi connectivity index (χ3n) is 6.95. The zero-order chi connectivity index (χ0) is 22.5. The predicted octanol–water partition coefficient (Wildman–Crippen LogP) is 5.33. The molecule has 6 nitrogen and oxygen atoms in total. The molecule has 2 aliphatic carbocycles. The molecule has 0 aromatic heterocycles. The lowest BCUT2D eigenvalue weighted by molar-refractivity contribution is -0.152. The maximum Gasteiger partial charge on any atom is 0.308 e. The van der Waals surface area contributed by atoms with Gasteiger partial charge in [-0.05, 0) is 75.0 Å². The van der Waals surface area contributed by atoms with Crippen LogP contribution < -0.4 is 0 Å². The van der Waals surface area contributed by atoms with Crippen molar-refractivity contribution in [1.29, 1.82) is 0 Å². The van der Waals surface area contributed by atoms with Crippen LogP contribution in [0, 0.1) is 29.6 Å². The lowest BCUT2D eigenvalue weighted by atomic mass is 9.77. The summed E-state index contributed by atoms with van der Waals surface area (Å²) in [5, 5.41) is 9.10. The Labute approximate surface area is 187 Å². The SMILES string of the molecule is C=COCC1CCC(COC(=O)C(CCC(=O)O)CC2CCC(COC=C)CC2)CC1. The molecule has 0 saturated heterocycles. The minimum atomic E-state index is -0.858. The summed E-state index contributed by atoms with van der Waals surface area (Å²) in [6.07, 6.45) is 12.6. The van der Waals surface area contributed by atoms with E-state index in [0.717, 1.165) is 64.4 Å². The van der Waals surface area contributed by atoms with Gasteiger partial charge in [-0.1, -0.05) is 26.0 Å². The van der Waals surface area contributed by atoms with Crippen molar-refractivity contribution in [3.05, 3.63) is 25.7 Å². The summed E-state index contributed by atoms with van der Waals surface area (Å²) in [5.41, 5.74) is 0. The highest BCUT2D eigenvalue weighted by Gasteiger charge is 2.29. The third kappa shape index (κ3) is 9.79. The lowest BCUT2D eigenvalue weighted by Crippen LogP contribution is -2.27. The van der Waals surface area contributed by atoms with Crippen molar-refractivity contribution >= 4 is 11.9 Å². The Kier molecular flexibility index (Phi) is 11.5. The van der Waals surface area contributed by atoms with E-state index in [1.807, 2.05) is 0 Å². The van der Waals surface area contributed by atoms with Crippen LogP contribution in [0.2, 0.25) is 0 Å². The number of rotatable bonds is 14. The molecule has 0 aromatic carbocycles. The Morgan fingerprint density at radius 2 is 1.26 bits per heavy atom. The Morgan fingerprint density at radius 1 is 0.806 bits per heavy atom. The van der Waals surface area contributed by atoms with Gasteiger partial charge in [-0.25, -0.2) is 0 Å². The number of hydrogen-bond acceptors (Lipinski definition) is 5. The topological polar surface area (TPSA) is 82.1 Å². The molecule has 0 amide bonds. The second kappa shape index (κ2) is 14.2. The van der Waals surface area contributed by atoms with Crippen LogP contribution in [0.4, 0.5) is 0 Å². The molecule has 176 valence electrons. The molecule has 1 N–H and O–H groups in total. The van der Waals surface area contributed by atoms with E-state index in [4.69, 9.17) is 19.3 Å². The molecule has 0 aliphatic heterocycles. The molecule has 0 bridgehead atoms. The first-order chi connectivity index (χ1) is 15.0. The second-order valence-electron chi connectivity index (χ2n) is 9.27. The number of carbonyl (C=O) groups excluding carboxylic acids is 1. The summed E-state index contributed by atoms with van der Waals surface area (Å²) in [6.45, 7) is 9.05. The molecule has 2 aliphatic rings. The lowest BCUT2D eigenvalue weighted by Gasteiger charge is -2.31. The summed E-state index contributed by atoms with van der Waals surface area (Å²) < 4.78 is 16.3. The summed E-state index contributed by atoms with van der Waals surface area (Å²) in [5.74, 6) is 0.556. The largest absolute Gasteiger partial charge is 0.502 e. The van der Waals surface area contributed by atoms with Crippen LogP contribution in [-0.4, -0.2) is 36.9 Å². The van der Waals surface area contributed by atoms with Gasteiger partial charge in [0.1, 0.15) is 0 Å². The normalized spacial score (nSPS) is 27.0. The summed E-state index contributed by atoms with van der Waals surface area (Å²) in [4.78, 5) is 23.9. The average Bonchev–Trinajstić information content (AvgIpc) is 2.78. The molecule has 2 rings (SSSR count). The molecule has 31 heavy (non-hydrogen) atoms. The minimum Gasteiger partial charge on any atom is -0.502 e. The highest BCUT2D eigenvalue weighted by atomic mass is 16.5. The number of aliphatic carboxylic acids is 1. The van der Waals surface area contributed by atoms with Crippen LogP contribution >= 0.6 is 0 Å². The first kappa shape index (κ1) is 25.3. The zero-order valence-electron chi connectivity index (χ0n) is 18.8. The first-order valence-electron chi connectivity index (χ1n) is 11.8. The molecule has 0 aromatic rings. The van der Waals surface area contributed by atoms with Crippen LogP contribution in [0.5, 0.6) is 0 Å². The summed E-state index contributed by atoms with van der Waals surface area (Å²) >= 11 is 0. The van der Waals surface area contributed by atoms with Crippen molar-refractivity contribution in [2.24, 2.45) is 29.6 Å². The fraction of sp³-hybridized carbons (Fsp3) is 0.760. The van der Waals surface area contributed by atoms with Gasteiger partial charge in [-0.3, -0.25) is 9.59 Å². The number of carboxylic acids is 1. The van der Waals surface area contributed by atoms with Gasteiger partial charge in [0.2, 0.25) is 0 Å². The number of ether oxygens (including phenoxy) is 3. The average molecular weight is 437 g/mol. The van der Waals surface area contributed by atoms with Gasteiger partial charge in [-0.2, -0.15) is 0 Å². The molecule has 0 radical (unpaired) electrons. The van der Waals surface area contributed by atoms with E-state index in [1.165, 1.54) is 12.5 Å². The maximum absolute atomic E-state index is 12.8. The minimum absolute atomic E-state index is 0.0106. The van der Waals surface area contributed by atoms with E-state index in [9.17, 15) is 9.59 Å². The first-order valence-corrected chi connectivity index (χ1v) is 11.8. The van der Waals surface area contributed by atoms with Crippen LogP contribution in [0.1, 0.15) is 70.6 Å². The molecular weight excluding hydrogens is 396 g/mol. The van der Waals surface area contributed by atoms with Crippen LogP contribution in [0.15, 0.2) is 25.7 Å². The molecule has 0 heterocycles. The van der Waals surface area contributed by atoms with Crippen LogP contribution in [0.3, 0.4) is 0 Å². The highest BCUT2D eigenvalue weighted by Crippen LogP contribution is 2.35. The van der Waals surface area contributed by atoms with Gasteiger partial charge in [-0.15, -0.1) is 0 Å². The number of carbonyl (C=O) groups is 2. The molecule has 1 unspecified atom stereocenters. The Balaban J connectivity index is 1.76. The molecular formula is C25H40O6. The smallest absolute Gasteiger partial charge is 0.308 e. The van der Waals surface area contributed by atoms with Crippen molar-refractivity contribution in [2.45, 2.75) is 70.6 Å². The number of carboxylic acid groups (broad SMARTS) is 1. The summed E-state index contributed by atoms with van der Waals surface area (Å²) in [6, 6.07) is 0. The van der Waals surface area contributed by atoms with Gasteiger partial charge in [0.15, 0.2) is 0 Å². The van der Waals surface area contributed by atoms with Gasteiger partial charge in [0.25, 0.3) is 0 Å². The monoisotopic (exact) mass is 436 g/mol. The van der Waals surface area contributed by atoms with Crippen LogP contribution in [-0.2, 0) is 23.8 Å². The summed E-state index contributed by atoms with van der Waals surface area (Å²) in [7, 11) is 0. The fourth-order valence-corrected chi connectivity index (χ4v) is 4.96. The number of hydrogen-bond donors (Lipinski definition) is 1. The van der Waals surface area contributed by atoms with Crippen molar-refractivity contribution < 1.29 is 28.9 Å². The quantitative estimate of drug-likeness (QED) is 0.293. The molecule has 0 spiro atoms. The Bertz CT molecular complexity index is 558. The van der Waals surface area contributed by atoms with E-state index in [-0.39, 0.29) is 18.3 Å². The van der Waals surface area contributed by atoms with Gasteiger partial charge < -0.3 is 19.3 Å². The van der Waals surface area contributed by atoms with Gasteiger partial charge in [0, 0.05) is 6.42 Å². The molecule has 6 heteroatoms. The van der Waals surface area contributed by atoms with Crippen molar-refractivity contribution in [1.82, 2.24) is 0 Å². The van der Waals surface area contributed by atoms with E-state index >= 15 is 0 Å². The van der Waals surface area contributed by atoms with Crippen LogP contribution in [0.25, 0.3) is 0 Å². The van der Waals surface area contributed by atoms with Crippen molar-refractivity contribution in [2.75, 3.05) is 19.8 Å². The molecule has 1 atom stereocenters. The Hall–Kier alpha value is -1.98.